The maximum Gasteiger partial charge on any atom is 0.349 e. The number of rotatable bonds is 7. The quantitative estimate of drug-likeness (QED) is 0.398. The molecule has 0 spiro atoms. The molecule has 166 valence electrons. The zero-order valence-corrected chi connectivity index (χ0v) is 19.6. The Morgan fingerprint density at radius 3 is 2.48 bits per heavy atom. The van der Waals surface area contributed by atoms with Gasteiger partial charge in [-0.3, -0.25) is 0 Å². The van der Waals surface area contributed by atoms with Gasteiger partial charge in [0, 0.05) is 6.61 Å². The average Bonchev–Trinajstić information content (AvgIpc) is 3.24. The molecule has 1 saturated heterocycles. The summed E-state index contributed by atoms with van der Waals surface area (Å²) in [4.78, 5) is 24.2. The van der Waals surface area contributed by atoms with Crippen LogP contribution in [0, 0.1) is 0 Å². The zero-order chi connectivity index (χ0) is 22.4. The van der Waals surface area contributed by atoms with Crippen molar-refractivity contribution in [3.05, 3.63) is 58.1 Å². The van der Waals surface area contributed by atoms with E-state index in [2.05, 4.69) is 36.7 Å². The van der Waals surface area contributed by atoms with E-state index in [4.69, 9.17) is 18.9 Å². The van der Waals surface area contributed by atoms with Crippen LogP contribution in [0.3, 0.4) is 0 Å². The minimum atomic E-state index is -0.541. The topological polar surface area (TPSA) is 71.1 Å². The number of hydrogen-bond acceptors (Lipinski definition) is 6. The van der Waals surface area contributed by atoms with Gasteiger partial charge in [0.05, 0.1) is 16.1 Å². The number of carbonyl (C=O) groups excluding carboxylic acids is 2. The van der Waals surface area contributed by atoms with Gasteiger partial charge < -0.3 is 18.9 Å². The highest BCUT2D eigenvalue weighted by atomic mass is 79.9. The van der Waals surface area contributed by atoms with Crippen LogP contribution < -0.4 is 9.47 Å². The van der Waals surface area contributed by atoms with E-state index >= 15 is 0 Å². The molecule has 1 aliphatic heterocycles. The van der Waals surface area contributed by atoms with Crippen molar-refractivity contribution in [1.29, 1.82) is 0 Å². The van der Waals surface area contributed by atoms with Crippen molar-refractivity contribution in [1.82, 2.24) is 0 Å². The molecule has 31 heavy (non-hydrogen) atoms. The Hall–Kier alpha value is -2.38. The van der Waals surface area contributed by atoms with E-state index in [1.54, 1.807) is 24.3 Å². The van der Waals surface area contributed by atoms with Crippen molar-refractivity contribution in [2.45, 2.75) is 45.1 Å². The smallest absolute Gasteiger partial charge is 0.349 e. The molecule has 0 N–H and O–H groups in total. The standard InChI is InChI=1S/C24H27BrO6/c1-24(2,3)17-8-11-21(20(25)13-17)29-15-22(26)31-18-9-6-16(7-10-18)23(27)30-14-19-5-4-12-28-19/h6-11,13,19H,4-5,12,14-15H2,1-3H3. The molecule has 1 aliphatic rings. The summed E-state index contributed by atoms with van der Waals surface area (Å²) >= 11 is 3.48. The van der Waals surface area contributed by atoms with Gasteiger partial charge in [-0.15, -0.1) is 0 Å². The Balaban J connectivity index is 1.47. The summed E-state index contributed by atoms with van der Waals surface area (Å²) in [6, 6.07) is 12.0. The van der Waals surface area contributed by atoms with Gasteiger partial charge in [0.2, 0.25) is 0 Å². The molecule has 0 saturated carbocycles. The molecule has 1 unspecified atom stereocenters. The second kappa shape index (κ2) is 10.3. The van der Waals surface area contributed by atoms with Crippen LogP contribution in [0.25, 0.3) is 0 Å². The zero-order valence-electron chi connectivity index (χ0n) is 18.0. The first-order valence-electron chi connectivity index (χ1n) is 10.2. The Morgan fingerprint density at radius 1 is 1.13 bits per heavy atom. The fourth-order valence-corrected chi connectivity index (χ4v) is 3.56. The molecule has 0 radical (unpaired) electrons. The van der Waals surface area contributed by atoms with Gasteiger partial charge in [-0.05, 0) is 76.1 Å². The molecule has 1 heterocycles. The van der Waals surface area contributed by atoms with E-state index in [0.717, 1.165) is 22.9 Å². The summed E-state index contributed by atoms with van der Waals surface area (Å²) in [6.07, 6.45) is 1.88. The first-order valence-corrected chi connectivity index (χ1v) is 11.0. The van der Waals surface area contributed by atoms with E-state index in [1.165, 1.54) is 0 Å². The highest BCUT2D eigenvalue weighted by Crippen LogP contribution is 2.31. The van der Waals surface area contributed by atoms with Gasteiger partial charge in [-0.1, -0.05) is 26.8 Å². The lowest BCUT2D eigenvalue weighted by molar-refractivity contribution is -0.136. The summed E-state index contributed by atoms with van der Waals surface area (Å²) < 4.78 is 22.3. The van der Waals surface area contributed by atoms with E-state index < -0.39 is 11.9 Å². The molecular formula is C24H27BrO6. The molecular weight excluding hydrogens is 464 g/mol. The molecule has 0 aromatic heterocycles. The highest BCUT2D eigenvalue weighted by Gasteiger charge is 2.19. The van der Waals surface area contributed by atoms with Crippen LogP contribution in [-0.2, 0) is 19.7 Å². The molecule has 2 aromatic carbocycles. The van der Waals surface area contributed by atoms with E-state index in [9.17, 15) is 9.59 Å². The van der Waals surface area contributed by atoms with Crippen LogP contribution in [0.1, 0.15) is 49.5 Å². The van der Waals surface area contributed by atoms with Crippen LogP contribution in [0.2, 0.25) is 0 Å². The van der Waals surface area contributed by atoms with Gasteiger partial charge in [0.1, 0.15) is 18.1 Å². The lowest BCUT2D eigenvalue weighted by Gasteiger charge is -2.20. The summed E-state index contributed by atoms with van der Waals surface area (Å²) in [5.74, 6) is -0.0820. The second-order valence-electron chi connectivity index (χ2n) is 8.42. The minimum Gasteiger partial charge on any atom is -0.481 e. The summed E-state index contributed by atoms with van der Waals surface area (Å²) in [7, 11) is 0. The molecule has 7 heteroatoms. The van der Waals surface area contributed by atoms with E-state index in [-0.39, 0.29) is 24.7 Å². The van der Waals surface area contributed by atoms with Gasteiger partial charge in [0.25, 0.3) is 0 Å². The Kier molecular flexibility index (Phi) is 7.73. The summed E-state index contributed by atoms with van der Waals surface area (Å²) in [6.45, 7) is 7.11. The number of halogens is 1. The fraction of sp³-hybridized carbons (Fsp3) is 0.417. The first kappa shape index (κ1) is 23.3. The number of ether oxygens (including phenoxy) is 4. The lowest BCUT2D eigenvalue weighted by atomic mass is 9.87. The number of hydrogen-bond donors (Lipinski definition) is 0. The van der Waals surface area contributed by atoms with Crippen LogP contribution in [0.15, 0.2) is 46.9 Å². The predicted octanol–water partition coefficient (Wildman–Crippen LogP) is 5.07. The third-order valence-corrected chi connectivity index (χ3v) is 5.51. The average molecular weight is 491 g/mol. The fourth-order valence-electron chi connectivity index (χ4n) is 3.07. The maximum atomic E-state index is 12.1. The number of carbonyl (C=O) groups is 2. The van der Waals surface area contributed by atoms with Crippen molar-refractivity contribution in [2.75, 3.05) is 19.8 Å². The summed E-state index contributed by atoms with van der Waals surface area (Å²) in [5.41, 5.74) is 1.56. The number of esters is 2. The van der Waals surface area contributed by atoms with Gasteiger partial charge in [0.15, 0.2) is 6.61 Å². The highest BCUT2D eigenvalue weighted by molar-refractivity contribution is 9.10. The Morgan fingerprint density at radius 2 is 1.87 bits per heavy atom. The van der Waals surface area contributed by atoms with Crippen molar-refractivity contribution < 1.29 is 28.5 Å². The van der Waals surface area contributed by atoms with Gasteiger partial charge in [-0.2, -0.15) is 0 Å². The van der Waals surface area contributed by atoms with Crippen molar-refractivity contribution in [2.24, 2.45) is 0 Å². The van der Waals surface area contributed by atoms with Crippen LogP contribution in [0.5, 0.6) is 11.5 Å². The predicted molar refractivity (Wildman–Crippen MR) is 120 cm³/mol. The largest absolute Gasteiger partial charge is 0.481 e. The van der Waals surface area contributed by atoms with Crippen LogP contribution in [-0.4, -0.2) is 37.9 Å². The van der Waals surface area contributed by atoms with Crippen LogP contribution >= 0.6 is 15.9 Å². The molecule has 3 rings (SSSR count). The Labute approximate surface area is 191 Å². The minimum absolute atomic E-state index is 0.0167. The normalized spacial score (nSPS) is 16.1. The van der Waals surface area contributed by atoms with Crippen molar-refractivity contribution in [3.8, 4) is 11.5 Å². The molecule has 2 aromatic rings. The molecule has 1 atom stereocenters. The van der Waals surface area contributed by atoms with Gasteiger partial charge >= 0.3 is 11.9 Å². The van der Waals surface area contributed by atoms with E-state index in [0.29, 0.717) is 23.7 Å². The lowest BCUT2D eigenvalue weighted by Crippen LogP contribution is -2.19. The maximum absolute atomic E-state index is 12.1. The molecule has 0 amide bonds. The summed E-state index contributed by atoms with van der Waals surface area (Å²) in [5, 5.41) is 0. The first-order chi connectivity index (χ1) is 14.7. The molecule has 0 bridgehead atoms. The monoisotopic (exact) mass is 490 g/mol. The molecule has 0 aliphatic carbocycles. The second-order valence-corrected chi connectivity index (χ2v) is 9.27. The SMILES string of the molecule is CC(C)(C)c1ccc(OCC(=O)Oc2ccc(C(=O)OCC3CCCO3)cc2)c(Br)c1. The molecule has 1 fully saturated rings. The van der Waals surface area contributed by atoms with Crippen molar-refractivity contribution in [3.63, 3.8) is 0 Å². The number of benzene rings is 2. The van der Waals surface area contributed by atoms with Crippen LogP contribution in [0.4, 0.5) is 0 Å². The van der Waals surface area contributed by atoms with Gasteiger partial charge in [-0.25, -0.2) is 9.59 Å². The Bertz CT molecular complexity index is 911. The molecule has 6 nitrogen and oxygen atoms in total. The third-order valence-electron chi connectivity index (χ3n) is 4.89. The van der Waals surface area contributed by atoms with Crippen molar-refractivity contribution >= 4 is 27.9 Å². The van der Waals surface area contributed by atoms with E-state index in [1.807, 2.05) is 18.2 Å². The third kappa shape index (κ3) is 6.80.